The van der Waals surface area contributed by atoms with Crippen LogP contribution in [0.4, 0.5) is 0 Å². The molecular formula is C28H31ClO4Ti-2. The van der Waals surface area contributed by atoms with Gasteiger partial charge in [0.2, 0.25) is 0 Å². The van der Waals surface area contributed by atoms with Crippen LogP contribution in [0.1, 0.15) is 72.6 Å². The molecule has 0 aliphatic heterocycles. The number of hydrogen-bond donors (Lipinski definition) is 2. The molecule has 2 aromatic carbocycles. The van der Waals surface area contributed by atoms with E-state index in [-0.39, 0.29) is 34.1 Å². The number of carboxylic acid groups (broad SMARTS) is 2. The van der Waals surface area contributed by atoms with Crippen LogP contribution in [0.15, 0.2) is 83.0 Å². The minimum absolute atomic E-state index is 0. The first-order chi connectivity index (χ1) is 15.5. The molecule has 0 aromatic heterocycles. The van der Waals surface area contributed by atoms with Gasteiger partial charge in [-0.1, -0.05) is 68.2 Å². The SMILES string of the molecule is CC1C2=C(CCC[CH-]2)C2=C1CCCC2.O=C(O)c1ccccc1.O=C(O)c1ccccc1.[Cl-].[Ti]. The summed E-state index contributed by atoms with van der Waals surface area (Å²) in [5.74, 6) is -0.980. The third kappa shape index (κ3) is 7.90. The Morgan fingerprint density at radius 1 is 0.765 bits per heavy atom. The Morgan fingerprint density at radius 2 is 1.24 bits per heavy atom. The first-order valence-electron chi connectivity index (χ1n) is 11.3. The molecule has 0 radical (unpaired) electrons. The van der Waals surface area contributed by atoms with E-state index < -0.39 is 11.9 Å². The second-order valence-electron chi connectivity index (χ2n) is 8.31. The first kappa shape index (κ1) is 29.8. The molecule has 3 aliphatic rings. The van der Waals surface area contributed by atoms with E-state index in [9.17, 15) is 9.59 Å². The molecule has 0 saturated carbocycles. The van der Waals surface area contributed by atoms with E-state index in [0.29, 0.717) is 11.1 Å². The van der Waals surface area contributed by atoms with Crippen LogP contribution in [0.3, 0.4) is 0 Å². The van der Waals surface area contributed by atoms with E-state index in [1.807, 2.05) is 0 Å². The second kappa shape index (κ2) is 14.9. The third-order valence-corrected chi connectivity index (χ3v) is 6.25. The zero-order chi connectivity index (χ0) is 22.9. The summed E-state index contributed by atoms with van der Waals surface area (Å²) in [6.07, 6.45) is 12.2. The number of benzene rings is 2. The van der Waals surface area contributed by atoms with Gasteiger partial charge >= 0.3 is 11.9 Å². The van der Waals surface area contributed by atoms with Crippen LogP contribution in [0.25, 0.3) is 0 Å². The summed E-state index contributed by atoms with van der Waals surface area (Å²) in [6, 6.07) is 16.6. The minimum atomic E-state index is -0.879. The molecule has 0 fully saturated rings. The second-order valence-corrected chi connectivity index (χ2v) is 8.31. The van der Waals surface area contributed by atoms with Crippen molar-refractivity contribution in [3.8, 4) is 0 Å². The van der Waals surface area contributed by atoms with Gasteiger partial charge in [0, 0.05) is 21.7 Å². The largest absolute Gasteiger partial charge is 1.00 e. The van der Waals surface area contributed by atoms with E-state index >= 15 is 0 Å². The van der Waals surface area contributed by atoms with E-state index in [1.54, 1.807) is 83.0 Å². The summed E-state index contributed by atoms with van der Waals surface area (Å²) in [7, 11) is 0. The number of carboxylic acids is 2. The molecule has 1 unspecified atom stereocenters. The van der Waals surface area contributed by atoms with Gasteiger partial charge in [0.1, 0.15) is 0 Å². The van der Waals surface area contributed by atoms with Gasteiger partial charge in [0.25, 0.3) is 0 Å². The van der Waals surface area contributed by atoms with Gasteiger partial charge in [0.05, 0.1) is 11.1 Å². The van der Waals surface area contributed by atoms with Gasteiger partial charge in [-0.15, -0.1) is 12.0 Å². The number of carbonyl (C=O) groups is 2. The number of rotatable bonds is 2. The number of fused-ring (bicyclic) bond motifs is 1. The summed E-state index contributed by atoms with van der Waals surface area (Å²) in [5, 5.41) is 16.8. The van der Waals surface area contributed by atoms with Crippen LogP contribution in [-0.2, 0) is 21.7 Å². The monoisotopic (exact) mass is 514 g/mol. The fourth-order valence-corrected chi connectivity index (χ4v) is 4.67. The topological polar surface area (TPSA) is 74.6 Å². The molecule has 34 heavy (non-hydrogen) atoms. The van der Waals surface area contributed by atoms with Crippen molar-refractivity contribution in [1.82, 2.24) is 0 Å². The standard InChI is InChI=1S/C14H19.2C7H6O2.ClH.Ti/c1-10-11-6-2-4-8-13(11)14-9-5-3-7-12(10)14;2*8-7(9)6-4-2-1-3-5-6;;/h6,10H,2-5,7-9H2,1H3;2*1-5H,(H,8,9);1H;/q-1;;;;/p-1. The molecule has 0 spiro atoms. The summed E-state index contributed by atoms with van der Waals surface area (Å²) >= 11 is 0. The Labute approximate surface area is 223 Å². The molecule has 2 aromatic rings. The van der Waals surface area contributed by atoms with Crippen molar-refractivity contribution < 1.29 is 53.9 Å². The average Bonchev–Trinajstić information content (AvgIpc) is 3.13. The Morgan fingerprint density at radius 3 is 1.71 bits per heavy atom. The Balaban J connectivity index is 0.000000258. The van der Waals surface area contributed by atoms with Crippen molar-refractivity contribution in [2.24, 2.45) is 5.92 Å². The molecule has 2 N–H and O–H groups in total. The van der Waals surface area contributed by atoms with Crippen molar-refractivity contribution in [3.63, 3.8) is 0 Å². The molecule has 1 atom stereocenters. The fraction of sp³-hybridized carbons (Fsp3) is 0.321. The summed E-state index contributed by atoms with van der Waals surface area (Å²) < 4.78 is 0. The van der Waals surface area contributed by atoms with Gasteiger partial charge in [-0.3, -0.25) is 0 Å². The third-order valence-electron chi connectivity index (χ3n) is 6.25. The van der Waals surface area contributed by atoms with Crippen molar-refractivity contribution >= 4 is 11.9 Å². The van der Waals surface area contributed by atoms with Gasteiger partial charge in [0.15, 0.2) is 0 Å². The van der Waals surface area contributed by atoms with Gasteiger partial charge < -0.3 is 22.6 Å². The molecule has 0 amide bonds. The predicted octanol–water partition coefficient (Wildman–Crippen LogP) is 3.96. The summed E-state index contributed by atoms with van der Waals surface area (Å²) in [6.45, 7) is 2.42. The predicted molar refractivity (Wildman–Crippen MR) is 127 cm³/mol. The molecule has 0 saturated heterocycles. The maximum atomic E-state index is 10.2. The van der Waals surface area contributed by atoms with Crippen LogP contribution in [0.5, 0.6) is 0 Å². The number of halogens is 1. The first-order valence-corrected chi connectivity index (χ1v) is 11.3. The van der Waals surface area contributed by atoms with Crippen molar-refractivity contribution in [3.05, 3.63) is 101 Å². The van der Waals surface area contributed by atoms with Crippen LogP contribution in [0, 0.1) is 12.3 Å². The van der Waals surface area contributed by atoms with E-state index in [2.05, 4.69) is 13.3 Å². The zero-order valence-corrected chi connectivity index (χ0v) is 21.8. The van der Waals surface area contributed by atoms with Gasteiger partial charge in [-0.05, 0) is 49.4 Å². The minimum Gasteiger partial charge on any atom is -1.00 e. The van der Waals surface area contributed by atoms with E-state index in [0.717, 1.165) is 5.92 Å². The molecule has 5 rings (SSSR count). The molecule has 3 aliphatic carbocycles. The summed E-state index contributed by atoms with van der Waals surface area (Å²) in [4.78, 5) is 20.4. The maximum Gasteiger partial charge on any atom is 0.335 e. The number of hydrogen-bond acceptors (Lipinski definition) is 2. The van der Waals surface area contributed by atoms with Crippen LogP contribution < -0.4 is 12.4 Å². The van der Waals surface area contributed by atoms with E-state index in [4.69, 9.17) is 10.2 Å². The van der Waals surface area contributed by atoms with Gasteiger partial charge in [-0.25, -0.2) is 21.6 Å². The Kier molecular flexibility index (Phi) is 13.0. The Hall–Kier alpha value is -2.27. The normalized spacial score (nSPS) is 17.6. The summed E-state index contributed by atoms with van der Waals surface area (Å²) in [5.41, 5.74) is 7.73. The molecule has 4 nitrogen and oxygen atoms in total. The molecule has 6 heteroatoms. The quantitative estimate of drug-likeness (QED) is 0.470. The molecule has 0 heterocycles. The maximum absolute atomic E-state index is 10.2. The Bertz CT molecular complexity index is 918. The molecule has 180 valence electrons. The average molecular weight is 515 g/mol. The zero-order valence-electron chi connectivity index (χ0n) is 19.5. The van der Waals surface area contributed by atoms with Crippen LogP contribution in [0.2, 0.25) is 0 Å². The molecular weight excluding hydrogens is 484 g/mol. The fourth-order valence-electron chi connectivity index (χ4n) is 4.67. The van der Waals surface area contributed by atoms with Crippen LogP contribution in [-0.4, -0.2) is 22.2 Å². The van der Waals surface area contributed by atoms with Crippen molar-refractivity contribution in [2.45, 2.75) is 51.9 Å². The van der Waals surface area contributed by atoms with Gasteiger partial charge in [-0.2, -0.15) is 5.57 Å². The van der Waals surface area contributed by atoms with Crippen molar-refractivity contribution in [1.29, 1.82) is 0 Å². The van der Waals surface area contributed by atoms with E-state index in [1.165, 1.54) is 44.9 Å². The number of allylic oxidation sites excluding steroid dienone is 4. The number of aromatic carboxylic acids is 2. The van der Waals surface area contributed by atoms with Crippen molar-refractivity contribution in [2.75, 3.05) is 0 Å². The molecule has 0 bridgehead atoms. The smallest absolute Gasteiger partial charge is 0.335 e. The van der Waals surface area contributed by atoms with Crippen LogP contribution >= 0.6 is 0 Å².